The standard InChI is InChI=1S/C17H24N2O3/c1-5-7-10-17(3,21-4)16(20)19-14-8-9-15(22-6-2)13(11-14)12-18/h8-9,11H,5-7,10H2,1-4H3,(H,19,20)/t17-/m0/s1. The monoisotopic (exact) mass is 304 g/mol. The van der Waals surface area contributed by atoms with Gasteiger partial charge >= 0.3 is 0 Å². The van der Waals surface area contributed by atoms with Crippen molar-refractivity contribution in [2.24, 2.45) is 0 Å². The van der Waals surface area contributed by atoms with Crippen LogP contribution in [0.5, 0.6) is 5.75 Å². The Bertz CT molecular complexity index is 551. The van der Waals surface area contributed by atoms with Gasteiger partial charge in [-0.3, -0.25) is 4.79 Å². The van der Waals surface area contributed by atoms with E-state index < -0.39 is 5.60 Å². The second kappa shape index (κ2) is 8.40. The third-order valence-corrected chi connectivity index (χ3v) is 3.60. The molecule has 0 saturated heterocycles. The lowest BCUT2D eigenvalue weighted by atomic mass is 9.97. The van der Waals surface area contributed by atoms with Gasteiger partial charge in [-0.2, -0.15) is 5.26 Å². The molecule has 0 aliphatic heterocycles. The molecular weight excluding hydrogens is 280 g/mol. The minimum absolute atomic E-state index is 0.212. The third kappa shape index (κ3) is 4.47. The molecule has 5 heteroatoms. The van der Waals surface area contributed by atoms with Crippen molar-refractivity contribution in [3.05, 3.63) is 23.8 Å². The maximum absolute atomic E-state index is 12.4. The molecule has 0 heterocycles. The molecular formula is C17H24N2O3. The number of anilines is 1. The first-order chi connectivity index (χ1) is 10.5. The normalized spacial score (nSPS) is 13.0. The molecule has 0 radical (unpaired) electrons. The second-order valence-corrected chi connectivity index (χ2v) is 5.25. The number of nitrogens with zero attached hydrogens (tertiary/aromatic N) is 1. The topological polar surface area (TPSA) is 71.3 Å². The first-order valence-corrected chi connectivity index (χ1v) is 7.54. The number of hydrogen-bond donors (Lipinski definition) is 1. The number of unbranched alkanes of at least 4 members (excludes halogenated alkanes) is 1. The van der Waals surface area contributed by atoms with E-state index in [1.54, 1.807) is 25.1 Å². The van der Waals surface area contributed by atoms with E-state index in [9.17, 15) is 4.79 Å². The maximum Gasteiger partial charge on any atom is 0.256 e. The summed E-state index contributed by atoms with van der Waals surface area (Å²) in [4.78, 5) is 12.4. The number of ether oxygens (including phenoxy) is 2. The molecule has 0 aliphatic carbocycles. The molecule has 1 aromatic carbocycles. The maximum atomic E-state index is 12.4. The predicted molar refractivity (Wildman–Crippen MR) is 85.9 cm³/mol. The zero-order chi connectivity index (χ0) is 16.6. The fourth-order valence-electron chi connectivity index (χ4n) is 2.06. The first-order valence-electron chi connectivity index (χ1n) is 7.54. The van der Waals surface area contributed by atoms with Gasteiger partial charge in [0, 0.05) is 12.8 Å². The van der Waals surface area contributed by atoms with Gasteiger partial charge in [-0.25, -0.2) is 0 Å². The van der Waals surface area contributed by atoms with Crippen molar-refractivity contribution in [2.75, 3.05) is 19.0 Å². The number of hydrogen-bond acceptors (Lipinski definition) is 4. The molecule has 22 heavy (non-hydrogen) atoms. The van der Waals surface area contributed by atoms with E-state index in [4.69, 9.17) is 14.7 Å². The highest BCUT2D eigenvalue weighted by atomic mass is 16.5. The fraction of sp³-hybridized carbons (Fsp3) is 0.529. The van der Waals surface area contributed by atoms with Gasteiger partial charge in [-0.15, -0.1) is 0 Å². The summed E-state index contributed by atoms with van der Waals surface area (Å²) in [5.41, 5.74) is 0.0820. The van der Waals surface area contributed by atoms with Crippen LogP contribution in [0.3, 0.4) is 0 Å². The van der Waals surface area contributed by atoms with E-state index in [1.807, 2.05) is 6.92 Å². The average Bonchev–Trinajstić information content (AvgIpc) is 2.54. The SMILES string of the molecule is CCCC[C@](C)(OC)C(=O)Nc1ccc(OCC)c(C#N)c1. The molecule has 0 saturated carbocycles. The zero-order valence-corrected chi connectivity index (χ0v) is 13.7. The van der Waals surface area contributed by atoms with Crippen molar-refractivity contribution in [2.45, 2.75) is 45.6 Å². The van der Waals surface area contributed by atoms with Crippen LogP contribution in [-0.2, 0) is 9.53 Å². The van der Waals surface area contributed by atoms with Crippen LogP contribution in [0.25, 0.3) is 0 Å². The van der Waals surface area contributed by atoms with Crippen LogP contribution in [0.1, 0.15) is 45.6 Å². The largest absolute Gasteiger partial charge is 0.492 e. The fourth-order valence-corrected chi connectivity index (χ4v) is 2.06. The zero-order valence-electron chi connectivity index (χ0n) is 13.7. The molecule has 5 nitrogen and oxygen atoms in total. The molecule has 0 bridgehead atoms. The Morgan fingerprint density at radius 3 is 2.68 bits per heavy atom. The Kier molecular flexibility index (Phi) is 6.87. The Hall–Kier alpha value is -2.06. The van der Waals surface area contributed by atoms with Gasteiger partial charge in [-0.1, -0.05) is 19.8 Å². The Balaban J connectivity index is 2.89. The lowest BCUT2D eigenvalue weighted by Crippen LogP contribution is -2.41. The van der Waals surface area contributed by atoms with Crippen molar-refractivity contribution < 1.29 is 14.3 Å². The van der Waals surface area contributed by atoms with Crippen molar-refractivity contribution in [1.82, 2.24) is 0 Å². The van der Waals surface area contributed by atoms with Crippen LogP contribution in [0.2, 0.25) is 0 Å². The summed E-state index contributed by atoms with van der Waals surface area (Å²) >= 11 is 0. The van der Waals surface area contributed by atoms with Crippen LogP contribution in [0, 0.1) is 11.3 Å². The van der Waals surface area contributed by atoms with Crippen LogP contribution >= 0.6 is 0 Å². The summed E-state index contributed by atoms with van der Waals surface area (Å²) < 4.78 is 10.8. The molecule has 1 atom stereocenters. The van der Waals surface area contributed by atoms with Gasteiger partial charge in [0.15, 0.2) is 0 Å². The summed E-state index contributed by atoms with van der Waals surface area (Å²) in [6, 6.07) is 7.09. The first kappa shape index (κ1) is 18.0. The highest BCUT2D eigenvalue weighted by molar-refractivity contribution is 5.97. The van der Waals surface area contributed by atoms with Crippen molar-refractivity contribution in [3.63, 3.8) is 0 Å². The van der Waals surface area contributed by atoms with Gasteiger partial charge < -0.3 is 14.8 Å². The number of amides is 1. The van der Waals surface area contributed by atoms with Crippen LogP contribution < -0.4 is 10.1 Å². The van der Waals surface area contributed by atoms with Crippen molar-refractivity contribution in [1.29, 1.82) is 5.26 Å². The van der Waals surface area contributed by atoms with Crippen LogP contribution in [0.15, 0.2) is 18.2 Å². The summed E-state index contributed by atoms with van der Waals surface area (Å²) in [7, 11) is 1.54. The van der Waals surface area contributed by atoms with Gasteiger partial charge in [0.1, 0.15) is 17.4 Å². The van der Waals surface area contributed by atoms with E-state index in [1.165, 1.54) is 7.11 Å². The van der Waals surface area contributed by atoms with Crippen LogP contribution in [-0.4, -0.2) is 25.2 Å². The molecule has 0 aromatic heterocycles. The molecule has 1 N–H and O–H groups in total. The Morgan fingerprint density at radius 1 is 1.41 bits per heavy atom. The highest BCUT2D eigenvalue weighted by Gasteiger charge is 2.32. The minimum Gasteiger partial charge on any atom is -0.492 e. The molecule has 1 aromatic rings. The van der Waals surface area contributed by atoms with E-state index in [0.29, 0.717) is 30.0 Å². The van der Waals surface area contributed by atoms with Gasteiger partial charge in [0.2, 0.25) is 0 Å². The lowest BCUT2D eigenvalue weighted by molar-refractivity contribution is -0.136. The number of nitrogens with one attached hydrogen (secondary N) is 1. The number of nitriles is 1. The Labute approximate surface area is 132 Å². The third-order valence-electron chi connectivity index (χ3n) is 3.60. The van der Waals surface area contributed by atoms with Gasteiger partial charge in [-0.05, 0) is 38.5 Å². The molecule has 0 unspecified atom stereocenters. The number of methoxy groups -OCH3 is 1. The van der Waals surface area contributed by atoms with Gasteiger partial charge in [0.05, 0.1) is 12.2 Å². The summed E-state index contributed by atoms with van der Waals surface area (Å²) in [6.07, 6.45) is 2.55. The quantitative estimate of drug-likeness (QED) is 0.798. The number of benzene rings is 1. The minimum atomic E-state index is -0.874. The van der Waals surface area contributed by atoms with E-state index >= 15 is 0 Å². The number of rotatable bonds is 8. The van der Waals surface area contributed by atoms with Crippen molar-refractivity contribution in [3.8, 4) is 11.8 Å². The number of carbonyl (C=O) groups excluding carboxylic acids is 1. The summed E-state index contributed by atoms with van der Waals surface area (Å²) in [5.74, 6) is 0.306. The number of carbonyl (C=O) groups is 1. The predicted octanol–water partition coefficient (Wildman–Crippen LogP) is 3.49. The molecule has 0 aliphatic rings. The molecule has 0 spiro atoms. The summed E-state index contributed by atoms with van der Waals surface area (Å²) in [5, 5.41) is 12.0. The molecule has 120 valence electrons. The smallest absolute Gasteiger partial charge is 0.256 e. The molecule has 0 fully saturated rings. The Morgan fingerprint density at radius 2 is 2.14 bits per heavy atom. The second-order valence-electron chi connectivity index (χ2n) is 5.25. The van der Waals surface area contributed by atoms with E-state index in [-0.39, 0.29) is 5.91 Å². The van der Waals surface area contributed by atoms with E-state index in [0.717, 1.165) is 12.8 Å². The summed E-state index contributed by atoms with van der Waals surface area (Å²) in [6.45, 7) is 6.19. The molecule has 1 amide bonds. The van der Waals surface area contributed by atoms with E-state index in [2.05, 4.69) is 18.3 Å². The molecule has 1 rings (SSSR count). The lowest BCUT2D eigenvalue weighted by Gasteiger charge is -2.26. The van der Waals surface area contributed by atoms with Crippen LogP contribution in [0.4, 0.5) is 5.69 Å². The van der Waals surface area contributed by atoms with Gasteiger partial charge in [0.25, 0.3) is 5.91 Å². The van der Waals surface area contributed by atoms with Crippen molar-refractivity contribution >= 4 is 11.6 Å². The highest BCUT2D eigenvalue weighted by Crippen LogP contribution is 2.25. The average molecular weight is 304 g/mol.